The van der Waals surface area contributed by atoms with Gasteiger partial charge >= 0.3 is 0 Å². The number of hydrogen-bond acceptors (Lipinski definition) is 3. The van der Waals surface area contributed by atoms with E-state index < -0.39 is 6.10 Å². The predicted molar refractivity (Wildman–Crippen MR) is 78.5 cm³/mol. The Kier molecular flexibility index (Phi) is 6.62. The summed E-state index contributed by atoms with van der Waals surface area (Å²) in [6.07, 6.45) is -0.109. The molecule has 1 amide bonds. The van der Waals surface area contributed by atoms with Crippen LogP contribution in [0.3, 0.4) is 0 Å². The van der Waals surface area contributed by atoms with Crippen molar-refractivity contribution >= 4 is 33.4 Å². The number of carbonyl (C=O) groups is 1. The average Bonchev–Trinajstić information content (AvgIpc) is 2.32. The molecule has 19 heavy (non-hydrogen) atoms. The molecule has 1 rings (SSSR count). The van der Waals surface area contributed by atoms with Gasteiger partial charge in [-0.1, -0.05) is 11.6 Å². The van der Waals surface area contributed by atoms with E-state index in [-0.39, 0.29) is 18.6 Å². The molecule has 2 unspecified atom stereocenters. The molecular weight excluding hydrogens is 334 g/mol. The molecule has 0 saturated heterocycles. The zero-order chi connectivity index (χ0) is 14.4. The topological polar surface area (TPSA) is 58.6 Å². The molecule has 4 nitrogen and oxygen atoms in total. The molecule has 1 aromatic rings. The molecule has 0 bridgehead atoms. The van der Waals surface area contributed by atoms with Gasteiger partial charge in [-0.15, -0.1) is 0 Å². The number of aliphatic hydroxyl groups is 1. The third kappa shape index (κ3) is 5.38. The van der Waals surface area contributed by atoms with Crippen LogP contribution < -0.4 is 10.1 Å². The zero-order valence-corrected chi connectivity index (χ0v) is 13.2. The summed E-state index contributed by atoms with van der Waals surface area (Å²) in [5, 5.41) is 12.1. The highest BCUT2D eigenvalue weighted by Crippen LogP contribution is 2.28. The van der Waals surface area contributed by atoms with Gasteiger partial charge < -0.3 is 15.2 Å². The lowest BCUT2D eigenvalue weighted by molar-refractivity contribution is -0.128. The Morgan fingerprint density at radius 3 is 2.79 bits per heavy atom. The minimum atomic E-state index is -0.626. The number of nitrogens with one attached hydrogen (secondary N) is 1. The quantitative estimate of drug-likeness (QED) is 0.829. The van der Waals surface area contributed by atoms with Crippen LogP contribution in [0.5, 0.6) is 5.75 Å². The van der Waals surface area contributed by atoms with Gasteiger partial charge in [-0.05, 0) is 54.4 Å². The van der Waals surface area contributed by atoms with Gasteiger partial charge in [-0.3, -0.25) is 4.79 Å². The van der Waals surface area contributed by atoms with Crippen LogP contribution >= 0.6 is 27.5 Å². The van der Waals surface area contributed by atoms with Crippen molar-refractivity contribution in [2.24, 2.45) is 0 Å². The summed E-state index contributed by atoms with van der Waals surface area (Å²) in [5.41, 5.74) is 0. The molecule has 0 radical (unpaired) electrons. The van der Waals surface area contributed by atoms with Crippen LogP contribution in [0.15, 0.2) is 22.7 Å². The van der Waals surface area contributed by atoms with Gasteiger partial charge in [0.15, 0.2) is 6.10 Å². The predicted octanol–water partition coefficient (Wildman–Crippen LogP) is 2.76. The average molecular weight is 351 g/mol. The normalized spacial score (nSPS) is 13.7. The van der Waals surface area contributed by atoms with Crippen molar-refractivity contribution in [2.75, 3.05) is 6.61 Å². The summed E-state index contributed by atoms with van der Waals surface area (Å²) in [6.45, 7) is 3.54. The second-order valence-corrected chi connectivity index (χ2v) is 5.55. The number of hydrogen-bond donors (Lipinski definition) is 2. The van der Waals surface area contributed by atoms with E-state index in [0.717, 1.165) is 0 Å². The Morgan fingerprint density at radius 1 is 1.53 bits per heavy atom. The maximum absolute atomic E-state index is 11.9. The SMILES string of the molecule is CC(CCO)NC(=O)C(C)Oc1ccc(Cl)cc1Br. The highest BCUT2D eigenvalue weighted by atomic mass is 79.9. The van der Waals surface area contributed by atoms with Crippen LogP contribution in [0.4, 0.5) is 0 Å². The standard InChI is InChI=1S/C13H17BrClNO3/c1-8(5-6-17)16-13(18)9(2)19-12-4-3-10(15)7-11(12)14/h3-4,7-9,17H,5-6H2,1-2H3,(H,16,18). The smallest absolute Gasteiger partial charge is 0.260 e. The Bertz CT molecular complexity index is 442. The molecule has 0 aliphatic rings. The molecular formula is C13H17BrClNO3. The summed E-state index contributed by atoms with van der Waals surface area (Å²) in [5.74, 6) is 0.338. The van der Waals surface area contributed by atoms with E-state index in [9.17, 15) is 4.79 Å². The molecule has 0 spiro atoms. The van der Waals surface area contributed by atoms with E-state index >= 15 is 0 Å². The van der Waals surface area contributed by atoms with Crippen LogP contribution in [0.2, 0.25) is 5.02 Å². The van der Waals surface area contributed by atoms with E-state index in [1.807, 2.05) is 6.92 Å². The number of carbonyl (C=O) groups excluding carboxylic acids is 1. The van der Waals surface area contributed by atoms with E-state index in [0.29, 0.717) is 21.7 Å². The first-order valence-corrected chi connectivity index (χ1v) is 7.14. The summed E-state index contributed by atoms with van der Waals surface area (Å²) >= 11 is 9.16. The molecule has 0 heterocycles. The van der Waals surface area contributed by atoms with Crippen molar-refractivity contribution in [1.82, 2.24) is 5.32 Å². The van der Waals surface area contributed by atoms with Crippen LogP contribution in [0.25, 0.3) is 0 Å². The highest BCUT2D eigenvalue weighted by molar-refractivity contribution is 9.10. The molecule has 0 saturated carbocycles. The molecule has 6 heteroatoms. The fraction of sp³-hybridized carbons (Fsp3) is 0.462. The van der Waals surface area contributed by atoms with Gasteiger partial charge in [-0.2, -0.15) is 0 Å². The Balaban J connectivity index is 2.58. The van der Waals surface area contributed by atoms with E-state index in [2.05, 4.69) is 21.2 Å². The van der Waals surface area contributed by atoms with Crippen LogP contribution in [-0.4, -0.2) is 29.8 Å². The number of rotatable bonds is 6. The van der Waals surface area contributed by atoms with Gasteiger partial charge in [0.1, 0.15) is 5.75 Å². The number of benzene rings is 1. The largest absolute Gasteiger partial charge is 0.480 e. The van der Waals surface area contributed by atoms with Crippen molar-refractivity contribution in [2.45, 2.75) is 32.4 Å². The van der Waals surface area contributed by atoms with Crippen molar-refractivity contribution in [1.29, 1.82) is 0 Å². The van der Waals surface area contributed by atoms with E-state index in [4.69, 9.17) is 21.4 Å². The van der Waals surface area contributed by atoms with Gasteiger partial charge in [0.05, 0.1) is 4.47 Å². The minimum absolute atomic E-state index is 0.0411. The lowest BCUT2D eigenvalue weighted by atomic mass is 10.2. The number of amides is 1. The summed E-state index contributed by atoms with van der Waals surface area (Å²) in [6, 6.07) is 5.02. The van der Waals surface area contributed by atoms with E-state index in [1.54, 1.807) is 25.1 Å². The zero-order valence-electron chi connectivity index (χ0n) is 10.8. The lowest BCUT2D eigenvalue weighted by Gasteiger charge is -2.18. The van der Waals surface area contributed by atoms with Crippen LogP contribution in [0, 0.1) is 0 Å². The molecule has 0 fully saturated rings. The van der Waals surface area contributed by atoms with Crippen molar-refractivity contribution in [3.8, 4) is 5.75 Å². The first kappa shape index (κ1) is 16.3. The van der Waals surface area contributed by atoms with Crippen molar-refractivity contribution < 1.29 is 14.6 Å². The third-order valence-electron chi connectivity index (χ3n) is 2.52. The van der Waals surface area contributed by atoms with Crippen molar-refractivity contribution in [3.05, 3.63) is 27.7 Å². The first-order chi connectivity index (χ1) is 8.93. The molecule has 2 N–H and O–H groups in total. The minimum Gasteiger partial charge on any atom is -0.480 e. The molecule has 0 aliphatic carbocycles. The number of halogens is 2. The Labute approximate surface area is 126 Å². The highest BCUT2D eigenvalue weighted by Gasteiger charge is 2.17. The maximum atomic E-state index is 11.9. The molecule has 0 aliphatic heterocycles. The number of ether oxygens (including phenoxy) is 1. The summed E-state index contributed by atoms with van der Waals surface area (Å²) in [4.78, 5) is 11.9. The van der Waals surface area contributed by atoms with Gasteiger partial charge in [-0.25, -0.2) is 0 Å². The fourth-order valence-corrected chi connectivity index (χ4v) is 2.22. The van der Waals surface area contributed by atoms with E-state index in [1.165, 1.54) is 0 Å². The first-order valence-electron chi connectivity index (χ1n) is 5.97. The molecule has 0 aromatic heterocycles. The molecule has 1 aromatic carbocycles. The monoisotopic (exact) mass is 349 g/mol. The Morgan fingerprint density at radius 2 is 2.21 bits per heavy atom. The van der Waals surface area contributed by atoms with Crippen LogP contribution in [-0.2, 0) is 4.79 Å². The second kappa shape index (κ2) is 7.72. The van der Waals surface area contributed by atoms with Crippen LogP contribution in [0.1, 0.15) is 20.3 Å². The lowest BCUT2D eigenvalue weighted by Crippen LogP contribution is -2.41. The number of aliphatic hydroxyl groups excluding tert-OH is 1. The van der Waals surface area contributed by atoms with Crippen molar-refractivity contribution in [3.63, 3.8) is 0 Å². The van der Waals surface area contributed by atoms with Gasteiger partial charge in [0, 0.05) is 17.7 Å². The molecule has 2 atom stereocenters. The van der Waals surface area contributed by atoms with Gasteiger partial charge in [0.2, 0.25) is 0 Å². The fourth-order valence-electron chi connectivity index (χ4n) is 1.44. The maximum Gasteiger partial charge on any atom is 0.260 e. The summed E-state index contributed by atoms with van der Waals surface area (Å²) in [7, 11) is 0. The second-order valence-electron chi connectivity index (χ2n) is 4.26. The third-order valence-corrected chi connectivity index (χ3v) is 3.37. The van der Waals surface area contributed by atoms with Gasteiger partial charge in [0.25, 0.3) is 5.91 Å². The summed E-state index contributed by atoms with van der Waals surface area (Å²) < 4.78 is 6.26. The molecule has 106 valence electrons. The Hall–Kier alpha value is -0.780.